The van der Waals surface area contributed by atoms with E-state index in [1.165, 1.54) is 0 Å². The summed E-state index contributed by atoms with van der Waals surface area (Å²) in [5.74, 6) is -1.39. The van der Waals surface area contributed by atoms with Gasteiger partial charge in [-0.1, -0.05) is 22.9 Å². The number of anilines is 2. The molecule has 2 amide bonds. The summed E-state index contributed by atoms with van der Waals surface area (Å²) in [7, 11) is 0. The van der Waals surface area contributed by atoms with E-state index in [2.05, 4.69) is 10.3 Å². The number of thiazole rings is 1. The number of aromatic nitrogens is 1. The Morgan fingerprint density at radius 1 is 1.32 bits per heavy atom. The number of carbonyl (C=O) groups excluding carboxylic acids is 3. The summed E-state index contributed by atoms with van der Waals surface area (Å²) in [6.07, 6.45) is -0.128. The molecule has 1 unspecified atom stereocenters. The van der Waals surface area contributed by atoms with Gasteiger partial charge in [0.25, 0.3) is 0 Å². The van der Waals surface area contributed by atoms with Crippen molar-refractivity contribution in [2.75, 3.05) is 16.8 Å². The third kappa shape index (κ3) is 4.51. The highest BCUT2D eigenvalue weighted by atomic mass is 35.5. The van der Waals surface area contributed by atoms with Gasteiger partial charge in [-0.05, 0) is 45.0 Å². The highest BCUT2D eigenvalue weighted by Crippen LogP contribution is 2.29. The number of nitrogens with one attached hydrogen (secondary N) is 1. The molecule has 2 aromatic rings. The first-order chi connectivity index (χ1) is 13.2. The number of hydrogen-bond acceptors (Lipinski definition) is 6. The minimum absolute atomic E-state index is 0.112. The predicted molar refractivity (Wildman–Crippen MR) is 108 cm³/mol. The minimum atomic E-state index is -0.501. The van der Waals surface area contributed by atoms with Crippen LogP contribution in [0.15, 0.2) is 24.3 Å². The minimum Gasteiger partial charge on any atom is -0.459 e. The van der Waals surface area contributed by atoms with Gasteiger partial charge in [-0.3, -0.25) is 9.59 Å². The summed E-state index contributed by atoms with van der Waals surface area (Å²) in [5, 5.41) is 3.61. The second-order valence-electron chi connectivity index (χ2n) is 6.76. The Hall–Kier alpha value is -2.45. The molecule has 9 heteroatoms. The molecule has 0 aliphatic carbocycles. The Kier molecular flexibility index (Phi) is 6.00. The van der Waals surface area contributed by atoms with Crippen LogP contribution in [0.3, 0.4) is 0 Å². The summed E-state index contributed by atoms with van der Waals surface area (Å²) in [6.45, 7) is 5.49. The topological polar surface area (TPSA) is 88.6 Å². The molecule has 28 heavy (non-hydrogen) atoms. The maximum Gasteiger partial charge on any atom is 0.350 e. The van der Waals surface area contributed by atoms with Crippen LogP contribution < -0.4 is 10.2 Å². The number of aryl methyl sites for hydroxylation is 1. The van der Waals surface area contributed by atoms with E-state index in [0.29, 0.717) is 26.4 Å². The van der Waals surface area contributed by atoms with Crippen molar-refractivity contribution in [1.29, 1.82) is 0 Å². The van der Waals surface area contributed by atoms with Crippen molar-refractivity contribution in [2.24, 2.45) is 5.92 Å². The lowest BCUT2D eigenvalue weighted by Crippen LogP contribution is -2.28. The number of benzene rings is 1. The molecule has 1 N–H and O–H groups in total. The van der Waals surface area contributed by atoms with E-state index in [4.69, 9.17) is 16.3 Å². The van der Waals surface area contributed by atoms with Crippen molar-refractivity contribution in [2.45, 2.75) is 33.3 Å². The van der Waals surface area contributed by atoms with Crippen LogP contribution in [-0.4, -0.2) is 35.4 Å². The van der Waals surface area contributed by atoms with Crippen LogP contribution in [0.4, 0.5) is 10.8 Å². The van der Waals surface area contributed by atoms with Crippen molar-refractivity contribution in [1.82, 2.24) is 4.98 Å². The van der Waals surface area contributed by atoms with E-state index in [0.717, 1.165) is 11.3 Å². The van der Waals surface area contributed by atoms with Crippen LogP contribution >= 0.6 is 22.9 Å². The van der Waals surface area contributed by atoms with Crippen molar-refractivity contribution >= 4 is 51.5 Å². The Balaban J connectivity index is 1.66. The first-order valence-corrected chi connectivity index (χ1v) is 9.99. The lowest BCUT2D eigenvalue weighted by Gasteiger charge is -2.16. The molecular formula is C19H20ClN3O4S. The summed E-state index contributed by atoms with van der Waals surface area (Å²) in [6, 6.07) is 6.90. The smallest absolute Gasteiger partial charge is 0.350 e. The highest BCUT2D eigenvalue weighted by molar-refractivity contribution is 7.17. The number of nitrogens with zero attached hydrogens (tertiary/aromatic N) is 2. The molecule has 7 nitrogen and oxygen atoms in total. The van der Waals surface area contributed by atoms with Crippen LogP contribution in [-0.2, 0) is 14.3 Å². The van der Waals surface area contributed by atoms with Gasteiger partial charge in [-0.25, -0.2) is 9.78 Å². The molecule has 0 radical (unpaired) electrons. The SMILES string of the molecule is Cc1nc(NC(=O)C2CC(=O)N(c3ccc(Cl)cc3)C2)sc1C(=O)OC(C)C. The Bertz CT molecular complexity index is 910. The van der Waals surface area contributed by atoms with Crippen LogP contribution in [0, 0.1) is 12.8 Å². The maximum absolute atomic E-state index is 12.6. The molecule has 2 heterocycles. The number of hydrogen-bond donors (Lipinski definition) is 1. The van der Waals surface area contributed by atoms with Crippen molar-refractivity contribution in [3.05, 3.63) is 39.9 Å². The lowest BCUT2D eigenvalue weighted by atomic mass is 10.1. The third-order valence-corrected chi connectivity index (χ3v) is 5.49. The van der Waals surface area contributed by atoms with E-state index in [1.54, 1.807) is 49.9 Å². The molecule has 1 saturated heterocycles. The van der Waals surface area contributed by atoms with Gasteiger partial charge in [0.2, 0.25) is 11.8 Å². The zero-order valence-corrected chi connectivity index (χ0v) is 17.3. The standard InChI is InChI=1S/C19H20ClN3O4S/c1-10(2)27-18(26)16-11(3)21-19(28-16)22-17(25)12-8-15(24)23(9-12)14-6-4-13(20)5-7-14/h4-7,10,12H,8-9H2,1-3H3,(H,21,22,25). The van der Waals surface area contributed by atoms with Gasteiger partial charge in [0.05, 0.1) is 17.7 Å². The molecule has 1 aromatic heterocycles. The Morgan fingerprint density at radius 3 is 2.64 bits per heavy atom. The van der Waals surface area contributed by atoms with Crippen molar-refractivity contribution < 1.29 is 19.1 Å². The average Bonchev–Trinajstić information content (AvgIpc) is 3.18. The fraction of sp³-hybridized carbons (Fsp3) is 0.368. The fourth-order valence-corrected chi connectivity index (χ4v) is 3.85. The van der Waals surface area contributed by atoms with Crippen LogP contribution in [0.25, 0.3) is 0 Å². The van der Waals surface area contributed by atoms with E-state index in [9.17, 15) is 14.4 Å². The quantitative estimate of drug-likeness (QED) is 0.744. The van der Waals surface area contributed by atoms with Gasteiger partial charge >= 0.3 is 5.97 Å². The first kappa shape index (κ1) is 20.3. The zero-order chi connectivity index (χ0) is 20.4. The first-order valence-electron chi connectivity index (χ1n) is 8.79. The third-order valence-electron chi connectivity index (χ3n) is 4.19. The average molecular weight is 422 g/mol. The van der Waals surface area contributed by atoms with Crippen molar-refractivity contribution in [3.8, 4) is 0 Å². The number of esters is 1. The predicted octanol–water partition coefficient (Wildman–Crippen LogP) is 3.66. The molecule has 1 aliphatic rings. The molecule has 148 valence electrons. The molecule has 0 bridgehead atoms. The lowest BCUT2D eigenvalue weighted by molar-refractivity contribution is -0.122. The van der Waals surface area contributed by atoms with E-state index in [-0.39, 0.29) is 30.9 Å². The van der Waals surface area contributed by atoms with E-state index < -0.39 is 11.9 Å². The Morgan fingerprint density at radius 2 is 2.00 bits per heavy atom. The van der Waals surface area contributed by atoms with Crippen LogP contribution in [0.1, 0.15) is 35.6 Å². The van der Waals surface area contributed by atoms with Gasteiger partial charge in [0.15, 0.2) is 5.13 Å². The van der Waals surface area contributed by atoms with Gasteiger partial charge in [-0.15, -0.1) is 0 Å². The molecule has 1 aromatic carbocycles. The number of rotatable bonds is 5. The Labute approximate surface area is 171 Å². The summed E-state index contributed by atoms with van der Waals surface area (Å²) < 4.78 is 5.18. The molecule has 1 fully saturated rings. The molecule has 0 saturated carbocycles. The number of ether oxygens (including phenoxy) is 1. The van der Waals surface area contributed by atoms with Gasteiger partial charge in [0, 0.05) is 23.7 Å². The van der Waals surface area contributed by atoms with Gasteiger partial charge < -0.3 is 15.0 Å². The van der Waals surface area contributed by atoms with Crippen LogP contribution in [0.2, 0.25) is 5.02 Å². The molecule has 0 spiro atoms. The molecule has 3 rings (SSSR count). The second-order valence-corrected chi connectivity index (χ2v) is 8.19. The summed E-state index contributed by atoms with van der Waals surface area (Å²) in [5.41, 5.74) is 1.20. The van der Waals surface area contributed by atoms with E-state index >= 15 is 0 Å². The fourth-order valence-electron chi connectivity index (χ4n) is 2.87. The zero-order valence-electron chi connectivity index (χ0n) is 15.7. The number of halogens is 1. The molecule has 1 atom stereocenters. The molecule has 1 aliphatic heterocycles. The number of amides is 2. The summed E-state index contributed by atoms with van der Waals surface area (Å²) in [4.78, 5) is 43.1. The van der Waals surface area contributed by atoms with Crippen molar-refractivity contribution in [3.63, 3.8) is 0 Å². The normalized spacial score (nSPS) is 16.5. The van der Waals surface area contributed by atoms with Gasteiger partial charge in [-0.2, -0.15) is 0 Å². The second kappa shape index (κ2) is 8.28. The van der Waals surface area contributed by atoms with Gasteiger partial charge in [0.1, 0.15) is 4.88 Å². The highest BCUT2D eigenvalue weighted by Gasteiger charge is 2.35. The molecular weight excluding hydrogens is 402 g/mol. The number of carbonyl (C=O) groups is 3. The van der Waals surface area contributed by atoms with E-state index in [1.807, 2.05) is 0 Å². The van der Waals surface area contributed by atoms with Crippen LogP contribution in [0.5, 0.6) is 0 Å². The monoisotopic (exact) mass is 421 g/mol. The largest absolute Gasteiger partial charge is 0.459 e. The summed E-state index contributed by atoms with van der Waals surface area (Å²) >= 11 is 6.95. The maximum atomic E-state index is 12.6.